The van der Waals surface area contributed by atoms with E-state index in [-0.39, 0.29) is 22.8 Å². The second kappa shape index (κ2) is 6.43. The van der Waals surface area contributed by atoms with Gasteiger partial charge in [0.1, 0.15) is 5.60 Å². The summed E-state index contributed by atoms with van der Waals surface area (Å²) in [4.78, 5) is 37.6. The van der Waals surface area contributed by atoms with Crippen LogP contribution in [0.5, 0.6) is 0 Å². The molecule has 5 unspecified atom stereocenters. The first kappa shape index (κ1) is 19.5. The second-order valence-electron chi connectivity index (χ2n) is 8.91. The summed E-state index contributed by atoms with van der Waals surface area (Å²) in [6, 6.07) is -0.582. The molecule has 5 atom stereocenters. The molecule has 2 bridgehead atoms. The standard InChI is InChI=1S/C20H31NO5/c1-11-12(2)17(23)21(16(11)22)13(3)18(24-7)25-26-20(6)9-8-14-10-15(20)19(14,4)5/h13-15,18H,8-10H2,1-7H3. The predicted octanol–water partition coefficient (Wildman–Crippen LogP) is 3.22. The molecule has 3 fully saturated rings. The molecule has 0 aromatic heterocycles. The number of methoxy groups -OCH3 is 1. The van der Waals surface area contributed by atoms with Gasteiger partial charge in [-0.15, -0.1) is 0 Å². The molecule has 0 aromatic carbocycles. The molecule has 1 aliphatic heterocycles. The first-order chi connectivity index (χ1) is 12.0. The van der Waals surface area contributed by atoms with E-state index in [1.54, 1.807) is 20.8 Å². The summed E-state index contributed by atoms with van der Waals surface area (Å²) in [5.41, 5.74) is 0.819. The zero-order chi connectivity index (χ0) is 19.4. The fourth-order valence-electron chi connectivity index (χ4n) is 5.02. The van der Waals surface area contributed by atoms with Crippen LogP contribution in [-0.2, 0) is 24.1 Å². The van der Waals surface area contributed by atoms with Crippen LogP contribution < -0.4 is 0 Å². The van der Waals surface area contributed by atoms with E-state index in [1.165, 1.54) is 12.0 Å². The topological polar surface area (TPSA) is 65.1 Å². The zero-order valence-electron chi connectivity index (χ0n) is 16.9. The summed E-state index contributed by atoms with van der Waals surface area (Å²) in [6.07, 6.45) is 2.39. The number of hydrogen-bond acceptors (Lipinski definition) is 5. The molecule has 3 saturated carbocycles. The van der Waals surface area contributed by atoms with Gasteiger partial charge in [-0.3, -0.25) is 14.5 Å². The van der Waals surface area contributed by atoms with E-state index in [0.29, 0.717) is 17.1 Å². The summed E-state index contributed by atoms with van der Waals surface area (Å²) in [5.74, 6) is 0.607. The van der Waals surface area contributed by atoms with Crippen LogP contribution in [0.3, 0.4) is 0 Å². The lowest BCUT2D eigenvalue weighted by Gasteiger charge is -2.63. The predicted molar refractivity (Wildman–Crippen MR) is 95.7 cm³/mol. The molecule has 2 amide bonds. The molecule has 0 saturated heterocycles. The van der Waals surface area contributed by atoms with Crippen LogP contribution >= 0.6 is 0 Å². The van der Waals surface area contributed by atoms with E-state index in [0.717, 1.165) is 25.2 Å². The second-order valence-corrected chi connectivity index (χ2v) is 8.91. The molecule has 6 nitrogen and oxygen atoms in total. The van der Waals surface area contributed by atoms with Crippen LogP contribution in [0.25, 0.3) is 0 Å². The van der Waals surface area contributed by atoms with Gasteiger partial charge in [-0.2, -0.15) is 0 Å². The summed E-state index contributed by atoms with van der Waals surface area (Å²) in [7, 11) is 1.50. The lowest BCUT2D eigenvalue weighted by atomic mass is 9.44. The Morgan fingerprint density at radius 2 is 1.69 bits per heavy atom. The smallest absolute Gasteiger partial charge is 0.257 e. The maximum Gasteiger partial charge on any atom is 0.257 e. The highest BCUT2D eigenvalue weighted by molar-refractivity contribution is 6.18. The number of amides is 2. The van der Waals surface area contributed by atoms with Crippen molar-refractivity contribution in [2.24, 2.45) is 17.3 Å². The monoisotopic (exact) mass is 365 g/mol. The van der Waals surface area contributed by atoms with Crippen molar-refractivity contribution in [1.82, 2.24) is 4.90 Å². The third kappa shape index (κ3) is 2.74. The van der Waals surface area contributed by atoms with Crippen LogP contribution in [0, 0.1) is 17.3 Å². The molecular formula is C20H31NO5. The Morgan fingerprint density at radius 1 is 1.12 bits per heavy atom. The van der Waals surface area contributed by atoms with Crippen molar-refractivity contribution in [3.05, 3.63) is 11.1 Å². The van der Waals surface area contributed by atoms with E-state index in [2.05, 4.69) is 20.8 Å². The summed E-state index contributed by atoms with van der Waals surface area (Å²) in [5, 5.41) is 0. The Bertz CT molecular complexity index is 629. The molecular weight excluding hydrogens is 334 g/mol. The van der Waals surface area contributed by atoms with Crippen molar-refractivity contribution in [2.45, 2.75) is 78.7 Å². The fourth-order valence-corrected chi connectivity index (χ4v) is 5.02. The minimum Gasteiger partial charge on any atom is -0.351 e. The molecule has 6 heteroatoms. The van der Waals surface area contributed by atoms with Crippen molar-refractivity contribution in [3.63, 3.8) is 0 Å². The van der Waals surface area contributed by atoms with Crippen molar-refractivity contribution in [3.8, 4) is 0 Å². The number of carbonyl (C=O) groups is 2. The van der Waals surface area contributed by atoms with E-state index in [1.807, 2.05) is 0 Å². The fraction of sp³-hybridized carbons (Fsp3) is 0.800. The van der Waals surface area contributed by atoms with Crippen LogP contribution in [0.15, 0.2) is 11.1 Å². The Morgan fingerprint density at radius 3 is 2.15 bits per heavy atom. The van der Waals surface area contributed by atoms with Crippen molar-refractivity contribution in [1.29, 1.82) is 0 Å². The maximum absolute atomic E-state index is 12.4. The third-order valence-electron chi connectivity index (χ3n) is 7.21. The number of rotatable bonds is 6. The van der Waals surface area contributed by atoms with Crippen LogP contribution in [0.1, 0.15) is 60.8 Å². The van der Waals surface area contributed by atoms with Gasteiger partial charge in [0.25, 0.3) is 11.8 Å². The minimum atomic E-state index is -0.834. The molecule has 4 aliphatic rings. The van der Waals surface area contributed by atoms with E-state index >= 15 is 0 Å². The number of imide groups is 1. The molecule has 0 aromatic rings. The van der Waals surface area contributed by atoms with Gasteiger partial charge in [0, 0.05) is 18.3 Å². The molecule has 0 radical (unpaired) electrons. The maximum atomic E-state index is 12.4. The highest BCUT2D eigenvalue weighted by Crippen LogP contribution is 2.63. The molecule has 0 spiro atoms. The van der Waals surface area contributed by atoms with Gasteiger partial charge in [0.15, 0.2) is 0 Å². The van der Waals surface area contributed by atoms with Crippen LogP contribution in [0.2, 0.25) is 0 Å². The highest BCUT2D eigenvalue weighted by Gasteiger charge is 2.61. The summed E-state index contributed by atoms with van der Waals surface area (Å²) >= 11 is 0. The normalized spacial score (nSPS) is 35.6. The number of nitrogens with zero attached hydrogens (tertiary/aromatic N) is 1. The lowest BCUT2D eigenvalue weighted by Crippen LogP contribution is -2.61. The Kier molecular flexibility index (Phi) is 4.83. The first-order valence-corrected chi connectivity index (χ1v) is 9.47. The van der Waals surface area contributed by atoms with Gasteiger partial charge >= 0.3 is 0 Å². The summed E-state index contributed by atoms with van der Waals surface area (Å²) in [6.45, 7) is 11.8. The number of ether oxygens (including phenoxy) is 1. The van der Waals surface area contributed by atoms with Crippen LogP contribution in [-0.4, -0.2) is 41.8 Å². The van der Waals surface area contributed by atoms with Gasteiger partial charge in [0.05, 0.1) is 6.04 Å². The van der Waals surface area contributed by atoms with Gasteiger partial charge in [0.2, 0.25) is 6.29 Å². The third-order valence-corrected chi connectivity index (χ3v) is 7.21. The van der Waals surface area contributed by atoms with Gasteiger partial charge in [-0.05, 0) is 64.2 Å². The van der Waals surface area contributed by atoms with Gasteiger partial charge in [-0.1, -0.05) is 13.8 Å². The van der Waals surface area contributed by atoms with Crippen molar-refractivity contribution in [2.75, 3.05) is 7.11 Å². The molecule has 1 heterocycles. The Hall–Kier alpha value is -1.24. The van der Waals surface area contributed by atoms with Gasteiger partial charge < -0.3 is 4.74 Å². The van der Waals surface area contributed by atoms with E-state index in [4.69, 9.17) is 14.5 Å². The van der Waals surface area contributed by atoms with Gasteiger partial charge in [-0.25, -0.2) is 9.78 Å². The van der Waals surface area contributed by atoms with E-state index < -0.39 is 12.3 Å². The number of fused-ring (bicyclic) bond motifs is 2. The Labute approximate surface area is 155 Å². The van der Waals surface area contributed by atoms with Crippen molar-refractivity contribution >= 4 is 11.8 Å². The average molecular weight is 365 g/mol. The highest BCUT2D eigenvalue weighted by atomic mass is 17.2. The first-order valence-electron chi connectivity index (χ1n) is 9.47. The largest absolute Gasteiger partial charge is 0.351 e. The van der Waals surface area contributed by atoms with Crippen LogP contribution in [0.4, 0.5) is 0 Å². The number of hydrogen-bond donors (Lipinski definition) is 0. The van der Waals surface area contributed by atoms with E-state index in [9.17, 15) is 9.59 Å². The number of carbonyl (C=O) groups excluding carboxylic acids is 2. The molecule has 146 valence electrons. The molecule has 3 aliphatic carbocycles. The summed E-state index contributed by atoms with van der Waals surface area (Å²) < 4.78 is 5.42. The zero-order valence-corrected chi connectivity index (χ0v) is 16.9. The molecule has 0 N–H and O–H groups in total. The minimum absolute atomic E-state index is 0.254. The Balaban J connectivity index is 1.67. The van der Waals surface area contributed by atoms with Crippen molar-refractivity contribution < 1.29 is 24.1 Å². The SMILES string of the molecule is COC(OOC1(C)CCC2CC1C2(C)C)C(C)N1C(=O)C(C)=C(C)C1=O. The molecule has 4 rings (SSSR count). The quantitative estimate of drug-likeness (QED) is 0.313. The average Bonchev–Trinajstić information content (AvgIpc) is 2.78. The lowest BCUT2D eigenvalue weighted by molar-refractivity contribution is -0.451. The molecule has 26 heavy (non-hydrogen) atoms.